The van der Waals surface area contributed by atoms with Gasteiger partial charge < -0.3 is 19.9 Å². The van der Waals surface area contributed by atoms with Gasteiger partial charge in [-0.25, -0.2) is 9.59 Å². The number of aliphatic hydroxyl groups excluding tert-OH is 1. The minimum atomic E-state index is -1.14. The number of nitrogens with one attached hydrogen (secondary N) is 1. The molecule has 0 aliphatic heterocycles. The molecule has 2 aromatic carbocycles. The molecule has 0 saturated carbocycles. The third-order valence-electron chi connectivity index (χ3n) is 3.50. The Morgan fingerprint density at radius 2 is 1.60 bits per heavy atom. The van der Waals surface area contributed by atoms with Crippen molar-refractivity contribution in [2.45, 2.75) is 19.1 Å². The summed E-state index contributed by atoms with van der Waals surface area (Å²) in [6.45, 7) is 1.08. The van der Waals surface area contributed by atoms with E-state index in [0.717, 1.165) is 5.56 Å². The van der Waals surface area contributed by atoms with Gasteiger partial charge in [-0.15, -0.1) is 0 Å². The molecule has 0 fully saturated rings. The van der Waals surface area contributed by atoms with E-state index >= 15 is 0 Å². The number of hydrogen-bond donors (Lipinski definition) is 2. The first-order valence-electron chi connectivity index (χ1n) is 7.84. The molecule has 132 valence electrons. The Bertz CT molecular complexity index is 689. The van der Waals surface area contributed by atoms with Gasteiger partial charge in [0.2, 0.25) is 0 Å². The Morgan fingerprint density at radius 1 is 1.00 bits per heavy atom. The fraction of sp³-hybridized carbons (Fsp3) is 0.263. The third-order valence-corrected chi connectivity index (χ3v) is 3.50. The highest BCUT2D eigenvalue weighted by molar-refractivity contribution is 5.89. The SMILES string of the molecule is C[C@](CO)(COC(=O)c1ccccc1)NC(=O)OCc1ccccc1. The number of hydrogen-bond acceptors (Lipinski definition) is 5. The maximum atomic E-state index is 12.0. The summed E-state index contributed by atoms with van der Waals surface area (Å²) in [5, 5.41) is 12.1. The van der Waals surface area contributed by atoms with Gasteiger partial charge in [0.15, 0.2) is 0 Å². The Hall–Kier alpha value is -2.86. The summed E-state index contributed by atoms with van der Waals surface area (Å²) in [5.41, 5.74) is 0.103. The van der Waals surface area contributed by atoms with Crippen molar-refractivity contribution in [3.8, 4) is 0 Å². The molecule has 25 heavy (non-hydrogen) atoms. The summed E-state index contributed by atoms with van der Waals surface area (Å²) >= 11 is 0. The molecule has 0 radical (unpaired) electrons. The summed E-state index contributed by atoms with van der Waals surface area (Å²) < 4.78 is 10.3. The largest absolute Gasteiger partial charge is 0.460 e. The smallest absolute Gasteiger partial charge is 0.408 e. The Labute approximate surface area is 146 Å². The van der Waals surface area contributed by atoms with Crippen molar-refractivity contribution >= 4 is 12.1 Å². The average molecular weight is 343 g/mol. The van der Waals surface area contributed by atoms with E-state index < -0.39 is 24.2 Å². The lowest BCUT2D eigenvalue weighted by molar-refractivity contribution is 0.0274. The van der Waals surface area contributed by atoms with Gasteiger partial charge in [0, 0.05) is 0 Å². The van der Waals surface area contributed by atoms with Crippen LogP contribution in [-0.2, 0) is 16.1 Å². The summed E-state index contributed by atoms with van der Waals surface area (Å²) in [7, 11) is 0. The molecule has 1 atom stereocenters. The molecular formula is C19H21NO5. The highest BCUT2D eigenvalue weighted by atomic mass is 16.6. The van der Waals surface area contributed by atoms with E-state index in [0.29, 0.717) is 5.56 Å². The molecule has 0 aliphatic rings. The summed E-state index contributed by atoms with van der Waals surface area (Å²) in [5.74, 6) is -0.528. The van der Waals surface area contributed by atoms with Crippen LogP contribution in [-0.4, -0.2) is 35.9 Å². The summed E-state index contributed by atoms with van der Waals surface area (Å²) in [6.07, 6.45) is -0.698. The molecule has 0 saturated heterocycles. The molecule has 0 spiro atoms. The zero-order valence-electron chi connectivity index (χ0n) is 14.0. The van der Waals surface area contributed by atoms with Crippen molar-refractivity contribution < 1.29 is 24.2 Å². The monoisotopic (exact) mass is 343 g/mol. The molecule has 0 bridgehead atoms. The van der Waals surface area contributed by atoms with E-state index in [-0.39, 0.29) is 13.2 Å². The molecule has 6 nitrogen and oxygen atoms in total. The Kier molecular flexibility index (Phi) is 6.54. The molecule has 6 heteroatoms. The fourth-order valence-corrected chi connectivity index (χ4v) is 2.01. The number of aliphatic hydroxyl groups is 1. The number of amides is 1. The molecule has 0 aliphatic carbocycles. The van der Waals surface area contributed by atoms with Gasteiger partial charge in [0.25, 0.3) is 0 Å². The van der Waals surface area contributed by atoms with Gasteiger partial charge in [0.05, 0.1) is 17.7 Å². The number of benzene rings is 2. The van der Waals surface area contributed by atoms with Crippen LogP contribution < -0.4 is 5.32 Å². The molecule has 1 amide bonds. The predicted octanol–water partition coefficient (Wildman–Crippen LogP) is 2.52. The maximum absolute atomic E-state index is 12.0. The number of alkyl carbamates (subject to hydrolysis) is 1. The van der Waals surface area contributed by atoms with Gasteiger partial charge in [-0.3, -0.25) is 0 Å². The van der Waals surface area contributed by atoms with Crippen molar-refractivity contribution in [3.63, 3.8) is 0 Å². The highest BCUT2D eigenvalue weighted by Gasteiger charge is 2.28. The van der Waals surface area contributed by atoms with Crippen LogP contribution in [0.15, 0.2) is 60.7 Å². The first-order valence-corrected chi connectivity index (χ1v) is 7.84. The number of rotatable bonds is 7. The fourth-order valence-electron chi connectivity index (χ4n) is 2.01. The van der Waals surface area contributed by atoms with Crippen LogP contribution in [0.5, 0.6) is 0 Å². The lowest BCUT2D eigenvalue weighted by Crippen LogP contribution is -2.52. The van der Waals surface area contributed by atoms with Crippen LogP contribution in [0.25, 0.3) is 0 Å². The van der Waals surface area contributed by atoms with Crippen molar-refractivity contribution in [2.24, 2.45) is 0 Å². The molecular weight excluding hydrogens is 322 g/mol. The van der Waals surface area contributed by atoms with Crippen LogP contribution in [0.1, 0.15) is 22.8 Å². The summed E-state index contributed by atoms with van der Waals surface area (Å²) in [6, 6.07) is 17.7. The van der Waals surface area contributed by atoms with Crippen molar-refractivity contribution in [1.82, 2.24) is 5.32 Å². The Balaban J connectivity index is 1.84. The van der Waals surface area contributed by atoms with E-state index in [1.54, 1.807) is 37.3 Å². The van der Waals surface area contributed by atoms with E-state index in [9.17, 15) is 14.7 Å². The average Bonchev–Trinajstić information content (AvgIpc) is 2.66. The number of esters is 1. The normalized spacial score (nSPS) is 12.7. The molecule has 2 aromatic rings. The molecule has 0 unspecified atom stereocenters. The predicted molar refractivity (Wildman–Crippen MR) is 92.0 cm³/mol. The number of carbonyl (C=O) groups is 2. The number of carbonyl (C=O) groups excluding carboxylic acids is 2. The molecule has 2 rings (SSSR count). The second kappa shape index (κ2) is 8.84. The van der Waals surface area contributed by atoms with E-state index in [1.807, 2.05) is 30.3 Å². The van der Waals surface area contributed by atoms with Gasteiger partial charge >= 0.3 is 12.1 Å². The standard InChI is InChI=1S/C19H21NO5/c1-19(13-21,14-25-17(22)16-10-6-3-7-11-16)20-18(23)24-12-15-8-4-2-5-9-15/h2-11,21H,12-14H2,1H3,(H,20,23)/t19-/m0/s1. The minimum Gasteiger partial charge on any atom is -0.460 e. The van der Waals surface area contributed by atoms with Gasteiger partial charge in [0.1, 0.15) is 13.2 Å². The van der Waals surface area contributed by atoms with Crippen molar-refractivity contribution in [3.05, 3.63) is 71.8 Å². The minimum absolute atomic E-state index is 0.109. The first kappa shape index (κ1) is 18.5. The van der Waals surface area contributed by atoms with Crippen LogP contribution in [0.4, 0.5) is 4.79 Å². The lowest BCUT2D eigenvalue weighted by atomic mass is 10.1. The van der Waals surface area contributed by atoms with E-state index in [4.69, 9.17) is 9.47 Å². The van der Waals surface area contributed by atoms with Crippen LogP contribution in [0, 0.1) is 0 Å². The van der Waals surface area contributed by atoms with Crippen molar-refractivity contribution in [1.29, 1.82) is 0 Å². The van der Waals surface area contributed by atoms with Gasteiger partial charge in [-0.05, 0) is 24.6 Å². The highest BCUT2D eigenvalue weighted by Crippen LogP contribution is 2.09. The second-order valence-electron chi connectivity index (χ2n) is 5.85. The van der Waals surface area contributed by atoms with E-state index in [1.165, 1.54) is 0 Å². The quantitative estimate of drug-likeness (QED) is 0.755. The van der Waals surface area contributed by atoms with Crippen molar-refractivity contribution in [2.75, 3.05) is 13.2 Å². The zero-order valence-corrected chi connectivity index (χ0v) is 14.0. The second-order valence-corrected chi connectivity index (χ2v) is 5.85. The lowest BCUT2D eigenvalue weighted by Gasteiger charge is -2.27. The van der Waals surface area contributed by atoms with Crippen LogP contribution >= 0.6 is 0 Å². The topological polar surface area (TPSA) is 84.9 Å². The molecule has 0 heterocycles. The summed E-state index contributed by atoms with van der Waals surface area (Å²) in [4.78, 5) is 23.9. The third kappa shape index (κ3) is 5.93. The maximum Gasteiger partial charge on any atom is 0.408 e. The van der Waals surface area contributed by atoms with Crippen LogP contribution in [0.2, 0.25) is 0 Å². The Morgan fingerprint density at radius 3 is 2.20 bits per heavy atom. The molecule has 0 aromatic heterocycles. The van der Waals surface area contributed by atoms with E-state index in [2.05, 4.69) is 5.32 Å². The first-order chi connectivity index (χ1) is 12.0. The van der Waals surface area contributed by atoms with Gasteiger partial charge in [-0.2, -0.15) is 0 Å². The molecule has 2 N–H and O–H groups in total. The van der Waals surface area contributed by atoms with Crippen LogP contribution in [0.3, 0.4) is 0 Å². The number of ether oxygens (including phenoxy) is 2. The zero-order chi connectivity index (χ0) is 18.1. The van der Waals surface area contributed by atoms with Gasteiger partial charge in [-0.1, -0.05) is 48.5 Å².